The smallest absolute Gasteiger partial charge is 0.418 e. The number of nitrogens with one attached hydrogen (secondary N) is 3. The van der Waals surface area contributed by atoms with Crippen LogP contribution in [0.3, 0.4) is 0 Å². The third-order valence-electron chi connectivity index (χ3n) is 9.22. The first-order chi connectivity index (χ1) is 27.7. The van der Waals surface area contributed by atoms with Crippen LogP contribution in [-0.4, -0.2) is 57.9 Å². The number of hydrogen-bond acceptors (Lipinski definition) is 11. The van der Waals surface area contributed by atoms with E-state index in [0.29, 0.717) is 39.3 Å². The molecule has 19 heteroatoms. The molecule has 14 nitrogen and oxygen atoms in total. The molecule has 8 rings (SSSR count). The number of benzene rings is 5. The molecule has 0 fully saturated rings. The Morgan fingerprint density at radius 1 is 0.897 bits per heavy atom. The van der Waals surface area contributed by atoms with Gasteiger partial charge in [0, 0.05) is 41.1 Å². The summed E-state index contributed by atoms with van der Waals surface area (Å²) in [7, 11) is -4.40. The Kier molecular flexibility index (Phi) is 9.66. The van der Waals surface area contributed by atoms with Gasteiger partial charge in [0.25, 0.3) is 10.0 Å². The molecule has 1 aromatic heterocycles. The number of nitrogens with zero attached hydrogens (tertiary/aromatic N) is 3. The van der Waals surface area contributed by atoms with Crippen LogP contribution in [0, 0.1) is 0 Å². The Morgan fingerprint density at radius 3 is 2.34 bits per heavy atom. The number of rotatable bonds is 10. The summed E-state index contributed by atoms with van der Waals surface area (Å²) in [5.41, 5.74) is -0.139. The van der Waals surface area contributed by atoms with E-state index in [-0.39, 0.29) is 52.8 Å². The summed E-state index contributed by atoms with van der Waals surface area (Å²) in [5.74, 6) is -0.182. The number of hydrogen-bond donors (Lipinski definition) is 5. The second-order valence-electron chi connectivity index (χ2n) is 13.0. The van der Waals surface area contributed by atoms with E-state index in [1.54, 1.807) is 36.4 Å². The molecule has 0 amide bonds. The Morgan fingerprint density at radius 2 is 1.62 bits per heavy atom. The Balaban J connectivity index is 0.884. The summed E-state index contributed by atoms with van der Waals surface area (Å²) < 4.78 is 87.6. The predicted molar refractivity (Wildman–Crippen MR) is 206 cm³/mol. The fraction of sp³-hybridized carbons (Fsp3) is 0.128. The van der Waals surface area contributed by atoms with Crippen LogP contribution in [0.2, 0.25) is 0 Å². The van der Waals surface area contributed by atoms with Crippen LogP contribution in [-0.2, 0) is 37.9 Å². The first kappa shape index (κ1) is 38.2. The van der Waals surface area contributed by atoms with Crippen LogP contribution in [0.5, 0.6) is 23.0 Å². The molecule has 2 aliphatic rings. The highest BCUT2D eigenvalue weighted by Crippen LogP contribution is 2.57. The number of phenolic OH excluding ortho intramolecular Hbond substituents is 2. The number of phenols is 2. The van der Waals surface area contributed by atoms with Gasteiger partial charge in [0.05, 0.1) is 46.8 Å². The number of aromatic hydroxyl groups is 2. The van der Waals surface area contributed by atoms with Crippen molar-refractivity contribution in [2.75, 3.05) is 23.2 Å². The Bertz CT molecular complexity index is 2670. The number of alkyl halides is 3. The number of carbonyl (C=O) groups excluding carboxylic acids is 1. The van der Waals surface area contributed by atoms with Crippen molar-refractivity contribution in [2.24, 2.45) is 0 Å². The van der Waals surface area contributed by atoms with Gasteiger partial charge in [0.15, 0.2) is 10.7 Å². The molecule has 0 atom stereocenters. The van der Waals surface area contributed by atoms with Crippen LogP contribution in [0.15, 0.2) is 114 Å². The quantitative estimate of drug-likeness (QED) is 0.0568. The number of aromatic nitrogens is 3. The Labute approximate surface area is 332 Å². The minimum Gasteiger partial charge on any atom is -0.508 e. The third kappa shape index (κ3) is 7.21. The van der Waals surface area contributed by atoms with Crippen molar-refractivity contribution in [3.8, 4) is 28.7 Å². The monoisotopic (exact) mass is 830 g/mol. The number of carbonyl (C=O) groups is 1. The predicted octanol–water partition coefficient (Wildman–Crippen LogP) is 6.57. The number of ether oxygens (including phenoxy) is 3. The van der Waals surface area contributed by atoms with E-state index in [1.807, 2.05) is 4.72 Å². The van der Waals surface area contributed by atoms with Crippen LogP contribution < -0.4 is 20.1 Å². The summed E-state index contributed by atoms with van der Waals surface area (Å²) in [6, 6.07) is 23.8. The normalized spacial score (nSPS) is 13.8. The molecule has 0 unspecified atom stereocenters. The van der Waals surface area contributed by atoms with Crippen molar-refractivity contribution < 1.29 is 50.8 Å². The largest absolute Gasteiger partial charge is 0.508 e. The molecule has 2 aliphatic heterocycles. The third-order valence-corrected chi connectivity index (χ3v) is 10.8. The van der Waals surface area contributed by atoms with Gasteiger partial charge in [-0.2, -0.15) is 13.2 Å². The standard InChI is InChI=1S/C39H29F3N6O8S2/c40-39(41,42)29-6-1-2-7-33(29)46-58(52,53)27-5-3-4-24(17-27)48-20-23(45-47-48)21-54-15-14-43-37(57)44-22-8-11-28-32(16-22)38(56-36(28)51)30-12-9-25(49)18-34(30)55-35-19-26(50)10-13-31(35)38/h1-13,16-20,46,49-50H,14-15,21H2,(H2,43,44,57). The molecule has 0 saturated heterocycles. The molecule has 5 aromatic carbocycles. The van der Waals surface area contributed by atoms with Crippen molar-refractivity contribution in [3.05, 3.63) is 143 Å². The highest BCUT2D eigenvalue weighted by Gasteiger charge is 2.53. The highest BCUT2D eigenvalue weighted by atomic mass is 32.2. The maximum Gasteiger partial charge on any atom is 0.418 e. The Hall–Kier alpha value is -6.70. The molecular weight excluding hydrogens is 802 g/mol. The molecule has 3 heterocycles. The molecule has 0 aliphatic carbocycles. The second kappa shape index (κ2) is 14.7. The summed E-state index contributed by atoms with van der Waals surface area (Å²) >= 11 is 5.51. The number of sulfonamides is 1. The molecule has 0 saturated carbocycles. The zero-order valence-electron chi connectivity index (χ0n) is 29.6. The number of esters is 1. The molecule has 0 bridgehead atoms. The number of anilines is 2. The van der Waals surface area contributed by atoms with Gasteiger partial charge in [-0.3, -0.25) is 4.72 Å². The summed E-state index contributed by atoms with van der Waals surface area (Å²) in [4.78, 5) is 13.0. The van der Waals surface area contributed by atoms with Gasteiger partial charge in [-0.1, -0.05) is 23.4 Å². The number of thiocarbonyl (C=S) groups is 1. The number of para-hydroxylation sites is 1. The van der Waals surface area contributed by atoms with Gasteiger partial charge < -0.3 is 35.1 Å². The van der Waals surface area contributed by atoms with Crippen molar-refractivity contribution in [2.45, 2.75) is 23.3 Å². The van der Waals surface area contributed by atoms with E-state index in [1.165, 1.54) is 65.5 Å². The molecule has 6 aromatic rings. The lowest BCUT2D eigenvalue weighted by Gasteiger charge is -2.36. The van der Waals surface area contributed by atoms with Crippen molar-refractivity contribution >= 4 is 44.7 Å². The van der Waals surface area contributed by atoms with Crippen molar-refractivity contribution in [1.29, 1.82) is 0 Å². The van der Waals surface area contributed by atoms with Crippen LogP contribution in [0.1, 0.15) is 38.3 Å². The van der Waals surface area contributed by atoms with Crippen LogP contribution in [0.25, 0.3) is 5.69 Å². The SMILES string of the molecule is O=C1OC2(c3ccc(O)cc3Oc3cc(O)ccc32)c2cc(NC(=S)NCCOCc3cn(-c4cccc(S(=O)(=O)Nc5ccccc5C(F)(F)F)c4)nn3)ccc21. The summed E-state index contributed by atoms with van der Waals surface area (Å²) in [5, 5.41) is 34.9. The fourth-order valence-corrected chi connectivity index (χ4v) is 8.01. The maximum atomic E-state index is 13.4. The first-order valence-corrected chi connectivity index (χ1v) is 19.2. The molecule has 296 valence electrons. The van der Waals surface area contributed by atoms with Gasteiger partial charge >= 0.3 is 12.1 Å². The maximum absolute atomic E-state index is 13.4. The molecule has 5 N–H and O–H groups in total. The van der Waals surface area contributed by atoms with Crippen molar-refractivity contribution in [3.63, 3.8) is 0 Å². The fourth-order valence-electron chi connectivity index (χ4n) is 6.67. The van der Waals surface area contributed by atoms with Gasteiger partial charge in [-0.25, -0.2) is 17.9 Å². The van der Waals surface area contributed by atoms with Gasteiger partial charge in [0.1, 0.15) is 28.7 Å². The van der Waals surface area contributed by atoms with Crippen LogP contribution >= 0.6 is 12.2 Å². The molecule has 0 radical (unpaired) electrons. The van der Waals surface area contributed by atoms with E-state index in [2.05, 4.69) is 20.9 Å². The molecule has 1 spiro atoms. The minimum atomic E-state index is -4.76. The van der Waals surface area contributed by atoms with E-state index in [0.717, 1.165) is 12.1 Å². The van der Waals surface area contributed by atoms with Gasteiger partial charge in [-0.05, 0) is 85.0 Å². The van der Waals surface area contributed by atoms with Gasteiger partial charge in [-0.15, -0.1) is 5.10 Å². The number of fused-ring (bicyclic) bond motifs is 6. The minimum absolute atomic E-state index is 0.0405. The lowest BCUT2D eigenvalue weighted by atomic mass is 9.77. The number of halogens is 3. The van der Waals surface area contributed by atoms with E-state index < -0.39 is 39.0 Å². The van der Waals surface area contributed by atoms with Gasteiger partial charge in [0.2, 0.25) is 0 Å². The topological polar surface area (TPSA) is 186 Å². The zero-order valence-corrected chi connectivity index (χ0v) is 31.3. The van der Waals surface area contributed by atoms with E-state index >= 15 is 0 Å². The lowest BCUT2D eigenvalue weighted by molar-refractivity contribution is -0.136. The van der Waals surface area contributed by atoms with Crippen molar-refractivity contribution in [1.82, 2.24) is 20.3 Å². The average Bonchev–Trinajstić information content (AvgIpc) is 3.77. The molecule has 58 heavy (non-hydrogen) atoms. The highest BCUT2D eigenvalue weighted by molar-refractivity contribution is 7.92. The second-order valence-corrected chi connectivity index (χ2v) is 15.1. The van der Waals surface area contributed by atoms with Crippen LogP contribution in [0.4, 0.5) is 24.5 Å². The molecular formula is C39H29F3N6O8S2. The van der Waals surface area contributed by atoms with E-state index in [4.69, 9.17) is 26.4 Å². The lowest BCUT2D eigenvalue weighted by Crippen LogP contribution is -2.33. The first-order valence-electron chi connectivity index (χ1n) is 17.3. The summed E-state index contributed by atoms with van der Waals surface area (Å²) in [6.07, 6.45) is -3.24. The van der Waals surface area contributed by atoms with E-state index in [9.17, 15) is 36.6 Å². The zero-order chi connectivity index (χ0) is 40.8. The summed E-state index contributed by atoms with van der Waals surface area (Å²) in [6.45, 7) is 0.515. The average molecular weight is 831 g/mol.